The predicted molar refractivity (Wildman–Crippen MR) is 132 cm³/mol. The van der Waals surface area contributed by atoms with E-state index in [1.165, 1.54) is 0 Å². The lowest BCUT2D eigenvalue weighted by atomic mass is 9.88. The van der Waals surface area contributed by atoms with Gasteiger partial charge in [-0.05, 0) is 36.1 Å². The third kappa shape index (κ3) is 14.2. The number of carbonyl (C=O) groups excluding carboxylic acids is 1. The molecule has 2 atom stereocenters. The first-order valence-corrected chi connectivity index (χ1v) is 12.3. The van der Waals surface area contributed by atoms with Gasteiger partial charge in [0.2, 0.25) is 5.91 Å². The number of fused-ring (bicyclic) bond motifs is 1. The molecular weight excluding hydrogens is 639 g/mol. The molecule has 2 aliphatic rings. The van der Waals surface area contributed by atoms with Gasteiger partial charge in [-0.15, -0.1) is 0 Å². The maximum atomic E-state index is 12.9. The highest BCUT2D eigenvalue weighted by atomic mass is 19.4. The molecule has 45 heavy (non-hydrogen) atoms. The number of carbonyl (C=O) groups is 4. The molecule has 0 aromatic carbocycles. The summed E-state index contributed by atoms with van der Waals surface area (Å²) in [5, 5.41) is 21.4. The number of aliphatic carboxylic acids is 3. The molecule has 2 aliphatic heterocycles. The van der Waals surface area contributed by atoms with Crippen molar-refractivity contribution in [2.45, 2.75) is 38.0 Å². The number of halogens is 9. The van der Waals surface area contributed by atoms with Crippen LogP contribution in [0.1, 0.15) is 17.7 Å². The number of aromatic nitrogens is 2. The van der Waals surface area contributed by atoms with E-state index in [1.54, 1.807) is 6.20 Å². The Bertz CT molecular complexity index is 1200. The van der Waals surface area contributed by atoms with Gasteiger partial charge in [0, 0.05) is 51.3 Å². The summed E-state index contributed by atoms with van der Waals surface area (Å²) in [5.74, 6) is -7.34. The summed E-state index contributed by atoms with van der Waals surface area (Å²) in [4.78, 5) is 52.5. The van der Waals surface area contributed by atoms with Gasteiger partial charge in [-0.25, -0.2) is 14.4 Å². The van der Waals surface area contributed by atoms with Crippen molar-refractivity contribution < 1.29 is 74.0 Å². The van der Waals surface area contributed by atoms with Crippen molar-refractivity contribution >= 4 is 23.8 Å². The third-order valence-electron chi connectivity index (χ3n) is 5.85. The van der Waals surface area contributed by atoms with Crippen LogP contribution in [0.5, 0.6) is 0 Å². The maximum Gasteiger partial charge on any atom is 0.490 e. The summed E-state index contributed by atoms with van der Waals surface area (Å²) in [6.07, 6.45) is -8.71. The number of carboxylic acid groups (broad SMARTS) is 3. The lowest BCUT2D eigenvalue weighted by molar-refractivity contribution is -0.193. The summed E-state index contributed by atoms with van der Waals surface area (Å²) >= 11 is 0. The first-order chi connectivity index (χ1) is 20.6. The number of piperidine rings is 1. The van der Waals surface area contributed by atoms with E-state index in [2.05, 4.69) is 20.9 Å². The Morgan fingerprint density at radius 2 is 1.31 bits per heavy atom. The fourth-order valence-corrected chi connectivity index (χ4v) is 3.92. The fraction of sp³-hybridized carbons (Fsp3) is 0.440. The summed E-state index contributed by atoms with van der Waals surface area (Å²) in [5.41, 5.74) is 2.18. The minimum absolute atomic E-state index is 0.138. The quantitative estimate of drug-likeness (QED) is 0.410. The Balaban J connectivity index is 0.000000396. The minimum atomic E-state index is -5.08. The molecule has 4 heterocycles. The number of hydrogen-bond acceptors (Lipinski definition) is 7. The van der Waals surface area contributed by atoms with E-state index in [0.29, 0.717) is 18.4 Å². The average molecular weight is 664 g/mol. The van der Waals surface area contributed by atoms with Gasteiger partial charge < -0.3 is 20.2 Å². The Morgan fingerprint density at radius 3 is 1.73 bits per heavy atom. The maximum absolute atomic E-state index is 12.9. The number of pyridine rings is 2. The van der Waals surface area contributed by atoms with Gasteiger partial charge in [0.1, 0.15) is 0 Å². The van der Waals surface area contributed by atoms with E-state index in [1.807, 2.05) is 41.6 Å². The van der Waals surface area contributed by atoms with Crippen LogP contribution in [-0.4, -0.2) is 97.1 Å². The van der Waals surface area contributed by atoms with Gasteiger partial charge >= 0.3 is 36.4 Å². The smallest absolute Gasteiger partial charge is 0.475 e. The highest BCUT2D eigenvalue weighted by Crippen LogP contribution is 2.33. The van der Waals surface area contributed by atoms with Crippen molar-refractivity contribution in [1.29, 1.82) is 0 Å². The number of alkyl halides is 9. The summed E-state index contributed by atoms with van der Waals surface area (Å²) in [7, 11) is 0. The molecule has 0 bridgehead atoms. The molecule has 250 valence electrons. The summed E-state index contributed by atoms with van der Waals surface area (Å²) in [6, 6.07) is 9.98. The number of hydrogen-bond donors (Lipinski definition) is 3. The number of nitrogens with zero attached hydrogens (tertiary/aromatic N) is 4. The molecule has 0 radical (unpaired) electrons. The van der Waals surface area contributed by atoms with Gasteiger partial charge in [0.25, 0.3) is 0 Å². The lowest BCUT2D eigenvalue weighted by Crippen LogP contribution is -2.44. The topological polar surface area (TPSA) is 161 Å². The molecule has 11 nitrogen and oxygen atoms in total. The zero-order valence-electron chi connectivity index (χ0n) is 22.7. The van der Waals surface area contributed by atoms with Crippen molar-refractivity contribution in [3.63, 3.8) is 0 Å². The molecule has 0 unspecified atom stereocenters. The standard InChI is InChI=1S/C19H22N4O.3C2HF3O2/c24-19-18-14-22(13-17-5-1-2-8-21-17)12-16(18)6-9-23(19)11-15-4-3-7-20-10-15;3*3-2(4,5)1(6)7/h1-5,7-8,10,16,18H,6,9,11-14H2;3*(H,6,7)/t16-,18-;;;/m0.../s1. The van der Waals surface area contributed by atoms with Crippen molar-refractivity contribution in [3.8, 4) is 0 Å². The minimum Gasteiger partial charge on any atom is -0.475 e. The summed E-state index contributed by atoms with van der Waals surface area (Å²) in [6.45, 7) is 4.23. The molecule has 2 aromatic heterocycles. The molecule has 2 aromatic rings. The van der Waals surface area contributed by atoms with E-state index in [4.69, 9.17) is 29.7 Å². The number of amides is 1. The molecule has 2 saturated heterocycles. The molecule has 4 rings (SSSR count). The van der Waals surface area contributed by atoms with E-state index in [0.717, 1.165) is 43.9 Å². The molecule has 0 spiro atoms. The van der Waals surface area contributed by atoms with Crippen LogP contribution in [0.3, 0.4) is 0 Å². The van der Waals surface area contributed by atoms with Crippen LogP contribution < -0.4 is 0 Å². The molecule has 3 N–H and O–H groups in total. The van der Waals surface area contributed by atoms with Crippen LogP contribution in [0, 0.1) is 11.8 Å². The fourth-order valence-electron chi connectivity index (χ4n) is 3.92. The largest absolute Gasteiger partial charge is 0.490 e. The highest BCUT2D eigenvalue weighted by Gasteiger charge is 2.43. The SMILES string of the molecule is O=C(O)C(F)(F)F.O=C(O)C(F)(F)F.O=C(O)C(F)(F)F.O=C1[C@H]2CN(Cc3ccccn3)C[C@@H]2CCN1Cc1cccnc1. The highest BCUT2D eigenvalue weighted by molar-refractivity contribution is 5.80. The van der Waals surface area contributed by atoms with Gasteiger partial charge in [0.05, 0.1) is 11.6 Å². The van der Waals surface area contributed by atoms with E-state index < -0.39 is 36.4 Å². The second-order valence-electron chi connectivity index (χ2n) is 9.20. The molecular formula is C25H25F9N4O7. The van der Waals surface area contributed by atoms with E-state index >= 15 is 0 Å². The lowest BCUT2D eigenvalue weighted by Gasteiger charge is -2.33. The second kappa shape index (κ2) is 16.5. The number of likely N-dealkylation sites (tertiary alicyclic amines) is 2. The third-order valence-corrected chi connectivity index (χ3v) is 5.85. The van der Waals surface area contributed by atoms with E-state index in [9.17, 15) is 44.3 Å². The number of carboxylic acids is 3. The molecule has 0 aliphatic carbocycles. The zero-order chi connectivity index (χ0) is 34.6. The van der Waals surface area contributed by atoms with Crippen LogP contribution in [-0.2, 0) is 32.3 Å². The zero-order valence-corrected chi connectivity index (χ0v) is 22.7. The van der Waals surface area contributed by atoms with Crippen molar-refractivity contribution in [2.75, 3.05) is 19.6 Å². The molecule has 1 amide bonds. The van der Waals surface area contributed by atoms with Crippen molar-refractivity contribution in [2.24, 2.45) is 11.8 Å². The number of rotatable bonds is 4. The van der Waals surface area contributed by atoms with Gasteiger partial charge in [-0.2, -0.15) is 39.5 Å². The predicted octanol–water partition coefficient (Wildman–Crippen LogP) is 3.86. The van der Waals surface area contributed by atoms with Crippen LogP contribution in [0.15, 0.2) is 48.9 Å². The second-order valence-corrected chi connectivity index (χ2v) is 9.20. The van der Waals surface area contributed by atoms with Crippen molar-refractivity contribution in [3.05, 3.63) is 60.2 Å². The van der Waals surface area contributed by atoms with Crippen LogP contribution >= 0.6 is 0 Å². The Hall–Kier alpha value is -4.49. The van der Waals surface area contributed by atoms with Gasteiger partial charge in [-0.3, -0.25) is 19.7 Å². The normalized spacial score (nSPS) is 18.2. The summed E-state index contributed by atoms with van der Waals surface area (Å²) < 4.78 is 95.2. The van der Waals surface area contributed by atoms with Crippen LogP contribution in [0.25, 0.3) is 0 Å². The Labute approximate surface area is 247 Å². The van der Waals surface area contributed by atoms with Crippen LogP contribution in [0.2, 0.25) is 0 Å². The average Bonchev–Trinajstić information content (AvgIpc) is 3.34. The first kappa shape index (κ1) is 38.5. The Kier molecular flexibility index (Phi) is 14.2. The molecule has 20 heteroatoms. The van der Waals surface area contributed by atoms with E-state index in [-0.39, 0.29) is 5.92 Å². The van der Waals surface area contributed by atoms with Gasteiger partial charge in [-0.1, -0.05) is 12.1 Å². The molecule has 2 fully saturated rings. The van der Waals surface area contributed by atoms with Crippen LogP contribution in [0.4, 0.5) is 39.5 Å². The monoisotopic (exact) mass is 664 g/mol. The van der Waals surface area contributed by atoms with Gasteiger partial charge in [0.15, 0.2) is 0 Å². The molecule has 0 saturated carbocycles. The first-order valence-electron chi connectivity index (χ1n) is 12.3. The van der Waals surface area contributed by atoms with Crippen molar-refractivity contribution in [1.82, 2.24) is 19.8 Å². The Morgan fingerprint density at radius 1 is 0.778 bits per heavy atom.